The Morgan fingerprint density at radius 1 is 1.24 bits per heavy atom. The monoisotopic (exact) mass is 287 g/mol. The number of para-hydroxylation sites is 1. The average Bonchev–Trinajstić information content (AvgIpc) is 2.94. The zero-order chi connectivity index (χ0) is 15.2. The van der Waals surface area contributed by atoms with Crippen molar-refractivity contribution in [3.63, 3.8) is 0 Å². The fourth-order valence-electron chi connectivity index (χ4n) is 1.78. The summed E-state index contributed by atoms with van der Waals surface area (Å²) >= 11 is 0. The van der Waals surface area contributed by atoms with Gasteiger partial charge < -0.3 is 10.1 Å². The Labute approximate surface area is 124 Å². The molecule has 1 aromatic carbocycles. The quantitative estimate of drug-likeness (QED) is 0.887. The van der Waals surface area contributed by atoms with E-state index in [1.807, 2.05) is 50.4 Å². The van der Waals surface area contributed by atoms with Crippen molar-refractivity contribution in [3.05, 3.63) is 42.6 Å². The summed E-state index contributed by atoms with van der Waals surface area (Å²) in [6, 6.07) is 11.5. The molecule has 0 aliphatic heterocycles. The number of hydrogen-bond acceptors (Lipinski definition) is 3. The molecule has 5 nitrogen and oxygen atoms in total. The van der Waals surface area contributed by atoms with Crippen molar-refractivity contribution in [3.8, 4) is 11.6 Å². The summed E-state index contributed by atoms with van der Waals surface area (Å²) < 4.78 is 7.28. The third-order valence-corrected chi connectivity index (χ3v) is 2.94. The molecule has 0 fully saturated rings. The van der Waals surface area contributed by atoms with Crippen LogP contribution in [0.15, 0.2) is 42.6 Å². The number of ether oxygens (including phenoxy) is 1. The first-order valence-corrected chi connectivity index (χ1v) is 7.11. The second kappa shape index (κ2) is 6.92. The van der Waals surface area contributed by atoms with Crippen LogP contribution in [0.2, 0.25) is 0 Å². The van der Waals surface area contributed by atoms with Crippen molar-refractivity contribution in [2.75, 3.05) is 6.54 Å². The SMILES string of the molecule is CC(C)CNC(=O)[C@@H](C)Oc1ccn(-c2ccccc2)n1. The van der Waals surface area contributed by atoms with Crippen molar-refractivity contribution in [2.24, 2.45) is 5.92 Å². The van der Waals surface area contributed by atoms with Crippen molar-refractivity contribution >= 4 is 5.91 Å². The highest BCUT2D eigenvalue weighted by molar-refractivity contribution is 5.80. The smallest absolute Gasteiger partial charge is 0.260 e. The van der Waals surface area contributed by atoms with Gasteiger partial charge in [-0.2, -0.15) is 0 Å². The Balaban J connectivity index is 1.95. The molecule has 5 heteroatoms. The van der Waals surface area contributed by atoms with E-state index in [9.17, 15) is 4.79 Å². The van der Waals surface area contributed by atoms with Gasteiger partial charge >= 0.3 is 0 Å². The molecular formula is C16H21N3O2. The third-order valence-electron chi connectivity index (χ3n) is 2.94. The summed E-state index contributed by atoms with van der Waals surface area (Å²) in [6.07, 6.45) is 1.24. The Kier molecular flexibility index (Phi) is 4.98. The van der Waals surface area contributed by atoms with Gasteiger partial charge in [0.25, 0.3) is 5.91 Å². The van der Waals surface area contributed by atoms with Crippen LogP contribution in [0.1, 0.15) is 20.8 Å². The molecular weight excluding hydrogens is 266 g/mol. The van der Waals surface area contributed by atoms with Gasteiger partial charge in [0.05, 0.1) is 5.69 Å². The Bertz CT molecular complexity index is 578. The van der Waals surface area contributed by atoms with E-state index < -0.39 is 6.10 Å². The van der Waals surface area contributed by atoms with Gasteiger partial charge in [0.1, 0.15) is 0 Å². The molecule has 1 N–H and O–H groups in total. The summed E-state index contributed by atoms with van der Waals surface area (Å²) in [5.41, 5.74) is 0.948. The number of aromatic nitrogens is 2. The van der Waals surface area contributed by atoms with Crippen LogP contribution in [0.3, 0.4) is 0 Å². The van der Waals surface area contributed by atoms with Crippen molar-refractivity contribution in [2.45, 2.75) is 26.9 Å². The minimum absolute atomic E-state index is 0.127. The fraction of sp³-hybridized carbons (Fsp3) is 0.375. The van der Waals surface area contributed by atoms with Gasteiger partial charge in [0, 0.05) is 18.8 Å². The summed E-state index contributed by atoms with van der Waals surface area (Å²) in [6.45, 7) is 6.46. The maximum absolute atomic E-state index is 11.9. The number of nitrogens with one attached hydrogen (secondary N) is 1. The second-order valence-corrected chi connectivity index (χ2v) is 5.33. The maximum atomic E-state index is 11.9. The van der Waals surface area contributed by atoms with Gasteiger partial charge in [0.2, 0.25) is 5.88 Å². The molecule has 0 unspecified atom stereocenters. The summed E-state index contributed by atoms with van der Waals surface area (Å²) in [4.78, 5) is 11.9. The van der Waals surface area contributed by atoms with Crippen molar-refractivity contribution in [1.29, 1.82) is 0 Å². The highest BCUT2D eigenvalue weighted by Crippen LogP contribution is 2.13. The number of hydrogen-bond donors (Lipinski definition) is 1. The molecule has 1 aromatic heterocycles. The van der Waals surface area contributed by atoms with Crippen LogP contribution >= 0.6 is 0 Å². The molecule has 1 amide bonds. The van der Waals surface area contributed by atoms with Gasteiger partial charge in [-0.1, -0.05) is 32.0 Å². The first-order valence-electron chi connectivity index (χ1n) is 7.11. The molecule has 2 aromatic rings. The van der Waals surface area contributed by atoms with E-state index in [-0.39, 0.29) is 5.91 Å². The lowest BCUT2D eigenvalue weighted by atomic mass is 10.2. The van der Waals surface area contributed by atoms with E-state index in [4.69, 9.17) is 4.74 Å². The number of carbonyl (C=O) groups excluding carboxylic acids is 1. The zero-order valence-corrected chi connectivity index (χ0v) is 12.6. The molecule has 0 spiro atoms. The Hall–Kier alpha value is -2.30. The van der Waals surface area contributed by atoms with Gasteiger partial charge in [0.15, 0.2) is 6.10 Å². The summed E-state index contributed by atoms with van der Waals surface area (Å²) in [5.74, 6) is 0.724. The number of nitrogens with zero attached hydrogens (tertiary/aromatic N) is 2. The van der Waals surface area contributed by atoms with Gasteiger partial charge in [-0.05, 0) is 25.0 Å². The largest absolute Gasteiger partial charge is 0.463 e. The predicted molar refractivity (Wildman–Crippen MR) is 81.5 cm³/mol. The molecule has 2 rings (SSSR count). The van der Waals surface area contributed by atoms with E-state index in [2.05, 4.69) is 10.4 Å². The van der Waals surface area contributed by atoms with Crippen LogP contribution < -0.4 is 10.1 Å². The van der Waals surface area contributed by atoms with E-state index >= 15 is 0 Å². The predicted octanol–water partition coefficient (Wildman–Crippen LogP) is 2.41. The van der Waals surface area contributed by atoms with E-state index in [1.165, 1.54) is 0 Å². The van der Waals surface area contributed by atoms with Crippen LogP contribution in [0.5, 0.6) is 5.88 Å². The highest BCUT2D eigenvalue weighted by Gasteiger charge is 2.15. The van der Waals surface area contributed by atoms with Gasteiger partial charge in [-0.15, -0.1) is 5.10 Å². The molecule has 0 aliphatic carbocycles. The zero-order valence-electron chi connectivity index (χ0n) is 12.6. The van der Waals surface area contributed by atoms with Crippen LogP contribution in [-0.2, 0) is 4.79 Å². The van der Waals surface area contributed by atoms with Crippen LogP contribution in [-0.4, -0.2) is 28.3 Å². The summed E-state index contributed by atoms with van der Waals surface area (Å²) in [5, 5.41) is 7.15. The van der Waals surface area contributed by atoms with Crippen LogP contribution in [0, 0.1) is 5.92 Å². The number of amides is 1. The normalized spacial score (nSPS) is 12.2. The molecule has 0 saturated heterocycles. The Morgan fingerprint density at radius 3 is 2.62 bits per heavy atom. The van der Waals surface area contributed by atoms with Crippen molar-refractivity contribution < 1.29 is 9.53 Å². The number of rotatable bonds is 6. The molecule has 0 radical (unpaired) electrons. The third kappa shape index (κ3) is 4.34. The minimum Gasteiger partial charge on any atom is -0.463 e. The van der Waals surface area contributed by atoms with Gasteiger partial charge in [-0.3, -0.25) is 4.79 Å². The molecule has 21 heavy (non-hydrogen) atoms. The van der Waals surface area contributed by atoms with E-state index in [0.717, 1.165) is 5.69 Å². The highest BCUT2D eigenvalue weighted by atomic mass is 16.5. The number of carbonyl (C=O) groups is 1. The average molecular weight is 287 g/mol. The molecule has 1 atom stereocenters. The number of benzene rings is 1. The topological polar surface area (TPSA) is 56.1 Å². The summed E-state index contributed by atoms with van der Waals surface area (Å²) in [7, 11) is 0. The lowest BCUT2D eigenvalue weighted by molar-refractivity contribution is -0.127. The van der Waals surface area contributed by atoms with E-state index in [1.54, 1.807) is 17.7 Å². The van der Waals surface area contributed by atoms with Gasteiger partial charge in [-0.25, -0.2) is 4.68 Å². The standard InChI is InChI=1S/C16H21N3O2/c1-12(2)11-17-16(20)13(3)21-15-9-10-19(18-15)14-7-5-4-6-8-14/h4-10,12-13H,11H2,1-3H3,(H,17,20)/t13-/m1/s1. The maximum Gasteiger partial charge on any atom is 0.260 e. The minimum atomic E-state index is -0.567. The van der Waals surface area contributed by atoms with E-state index in [0.29, 0.717) is 18.3 Å². The molecule has 1 heterocycles. The van der Waals surface area contributed by atoms with Crippen molar-refractivity contribution in [1.82, 2.24) is 15.1 Å². The van der Waals surface area contributed by atoms with Crippen LogP contribution in [0.4, 0.5) is 0 Å². The first kappa shape index (κ1) is 15.1. The molecule has 0 saturated carbocycles. The second-order valence-electron chi connectivity index (χ2n) is 5.33. The van der Waals surface area contributed by atoms with Crippen LogP contribution in [0.25, 0.3) is 5.69 Å². The lowest BCUT2D eigenvalue weighted by Gasteiger charge is -2.13. The molecule has 112 valence electrons. The Morgan fingerprint density at radius 2 is 1.95 bits per heavy atom. The molecule has 0 bridgehead atoms. The first-order chi connectivity index (χ1) is 10.1. The lowest BCUT2D eigenvalue weighted by Crippen LogP contribution is -2.38. The molecule has 0 aliphatic rings. The fourth-order valence-corrected chi connectivity index (χ4v) is 1.78.